The predicted molar refractivity (Wildman–Crippen MR) is 84.6 cm³/mol. The summed E-state index contributed by atoms with van der Waals surface area (Å²) in [7, 11) is 0. The third-order valence-electron chi connectivity index (χ3n) is 5.59. The summed E-state index contributed by atoms with van der Waals surface area (Å²) in [5, 5.41) is 3.42. The van der Waals surface area contributed by atoms with Crippen molar-refractivity contribution in [3.8, 4) is 0 Å². The maximum Gasteiger partial charge on any atom is 0.189 e. The van der Waals surface area contributed by atoms with E-state index in [1.54, 1.807) is 5.57 Å². The van der Waals surface area contributed by atoms with Crippen LogP contribution in [0, 0.1) is 17.8 Å². The molecule has 5 atom stereocenters. The molecule has 0 aromatic rings. The lowest BCUT2D eigenvalue weighted by Crippen LogP contribution is -2.53. The lowest BCUT2D eigenvalue weighted by Gasteiger charge is -2.43. The quantitative estimate of drug-likeness (QED) is 0.611. The fourth-order valence-corrected chi connectivity index (χ4v) is 4.65. The number of nitrogens with one attached hydrogen (secondary N) is 1. The maximum absolute atomic E-state index is 6.02. The van der Waals surface area contributed by atoms with Crippen LogP contribution in [-0.4, -0.2) is 18.0 Å². The normalized spacial score (nSPS) is 41.2. The van der Waals surface area contributed by atoms with Crippen LogP contribution < -0.4 is 11.1 Å². The Balaban J connectivity index is 1.80. The van der Waals surface area contributed by atoms with Gasteiger partial charge in [-0.05, 0) is 49.5 Å². The fourth-order valence-electron chi connectivity index (χ4n) is 4.65. The summed E-state index contributed by atoms with van der Waals surface area (Å²) in [4.78, 5) is 4.79. The van der Waals surface area contributed by atoms with Gasteiger partial charge in [0.05, 0.1) is 6.04 Å². The molecule has 3 rings (SSSR count). The summed E-state index contributed by atoms with van der Waals surface area (Å²) in [6.45, 7) is 4.66. The van der Waals surface area contributed by atoms with Gasteiger partial charge in [-0.1, -0.05) is 32.8 Å². The Morgan fingerprint density at radius 3 is 3.00 bits per heavy atom. The molecule has 0 aromatic heterocycles. The maximum atomic E-state index is 6.02. The van der Waals surface area contributed by atoms with E-state index in [9.17, 15) is 0 Å². The van der Waals surface area contributed by atoms with E-state index in [1.165, 1.54) is 44.9 Å². The highest BCUT2D eigenvalue weighted by atomic mass is 15.2. The van der Waals surface area contributed by atoms with E-state index < -0.39 is 0 Å². The van der Waals surface area contributed by atoms with Crippen molar-refractivity contribution in [1.82, 2.24) is 5.32 Å². The molecule has 3 aliphatic rings. The Morgan fingerprint density at radius 1 is 1.35 bits per heavy atom. The Labute approximate surface area is 123 Å². The summed E-state index contributed by atoms with van der Waals surface area (Å²) >= 11 is 0. The largest absolute Gasteiger partial charge is 0.370 e. The predicted octanol–water partition coefficient (Wildman–Crippen LogP) is 3.21. The van der Waals surface area contributed by atoms with E-state index >= 15 is 0 Å². The molecule has 3 heteroatoms. The van der Waals surface area contributed by atoms with Gasteiger partial charge in [-0.3, -0.25) is 0 Å². The number of rotatable bonds is 4. The first-order chi connectivity index (χ1) is 9.70. The van der Waals surface area contributed by atoms with Crippen molar-refractivity contribution in [2.24, 2.45) is 28.5 Å². The molecule has 0 saturated heterocycles. The number of nitrogens with two attached hydrogens (primary N) is 1. The first-order valence-electron chi connectivity index (χ1n) is 8.50. The molecule has 1 heterocycles. The standard InChI is InChI=1S/C17H29N3/c1-3-4-5-6-7-13-11(2)10-12-8-9-14-15(12)16(13)20-17(18)19-14/h7,11-12,14-16H,3-6,8-10H2,1-2H3,(H3,18,19,20)/b13-7+/t11-,12+,14+,15-,16-/m1/s1. The van der Waals surface area contributed by atoms with Gasteiger partial charge in [-0.2, -0.15) is 0 Å². The topological polar surface area (TPSA) is 50.4 Å². The first-order valence-corrected chi connectivity index (χ1v) is 8.50. The molecule has 3 N–H and O–H groups in total. The fraction of sp³-hybridized carbons (Fsp3) is 0.824. The molecule has 3 nitrogen and oxygen atoms in total. The van der Waals surface area contributed by atoms with Crippen molar-refractivity contribution in [2.75, 3.05) is 0 Å². The van der Waals surface area contributed by atoms with Gasteiger partial charge in [0.2, 0.25) is 0 Å². The molecule has 1 aliphatic heterocycles. The SMILES string of the molecule is CCCCC/C=C1\[C@H](C)C[C@@H]2CC[C@@H]3NC(N)=N[C@H]1[C@H]23. The Morgan fingerprint density at radius 2 is 2.20 bits per heavy atom. The van der Waals surface area contributed by atoms with Gasteiger partial charge in [0.25, 0.3) is 0 Å². The van der Waals surface area contributed by atoms with Crippen molar-refractivity contribution in [1.29, 1.82) is 0 Å². The first kappa shape index (κ1) is 14.0. The number of guanidine groups is 1. The van der Waals surface area contributed by atoms with Gasteiger partial charge in [0.1, 0.15) is 0 Å². The van der Waals surface area contributed by atoms with Gasteiger partial charge >= 0.3 is 0 Å². The zero-order chi connectivity index (χ0) is 14.1. The molecule has 20 heavy (non-hydrogen) atoms. The lowest BCUT2D eigenvalue weighted by atomic mass is 9.68. The highest BCUT2D eigenvalue weighted by Crippen LogP contribution is 2.49. The summed E-state index contributed by atoms with van der Waals surface area (Å²) in [6, 6.07) is 0.952. The second-order valence-electron chi connectivity index (χ2n) is 6.96. The average Bonchev–Trinajstić information content (AvgIpc) is 2.80. The lowest BCUT2D eigenvalue weighted by molar-refractivity contribution is 0.218. The van der Waals surface area contributed by atoms with Crippen LogP contribution in [0.3, 0.4) is 0 Å². The minimum atomic E-state index is 0.374. The van der Waals surface area contributed by atoms with Crippen LogP contribution in [0.15, 0.2) is 16.6 Å². The van der Waals surface area contributed by atoms with Gasteiger partial charge in [0.15, 0.2) is 5.96 Å². The summed E-state index contributed by atoms with van der Waals surface area (Å²) in [5.41, 5.74) is 7.60. The highest BCUT2D eigenvalue weighted by molar-refractivity contribution is 5.79. The number of unbranched alkanes of at least 4 members (excludes halogenated alkanes) is 3. The van der Waals surface area contributed by atoms with E-state index in [0.29, 0.717) is 29.9 Å². The molecule has 0 bridgehead atoms. The van der Waals surface area contributed by atoms with Crippen LogP contribution in [0.25, 0.3) is 0 Å². The molecule has 0 radical (unpaired) electrons. The van der Waals surface area contributed by atoms with Crippen molar-refractivity contribution in [2.45, 2.75) is 70.9 Å². The number of aliphatic imine (C=N–C) groups is 1. The highest BCUT2D eigenvalue weighted by Gasteiger charge is 2.49. The molecule has 2 saturated carbocycles. The third kappa shape index (κ3) is 2.47. The monoisotopic (exact) mass is 275 g/mol. The molecular formula is C17H29N3. The van der Waals surface area contributed by atoms with Crippen LogP contribution in [-0.2, 0) is 0 Å². The zero-order valence-electron chi connectivity index (χ0n) is 12.9. The number of nitrogens with zero attached hydrogens (tertiary/aromatic N) is 1. The Kier molecular flexibility index (Phi) is 4.04. The smallest absolute Gasteiger partial charge is 0.189 e. The van der Waals surface area contributed by atoms with Crippen LogP contribution in [0.5, 0.6) is 0 Å². The van der Waals surface area contributed by atoms with Gasteiger partial charge in [0, 0.05) is 12.0 Å². The van der Waals surface area contributed by atoms with Gasteiger partial charge in [-0.15, -0.1) is 0 Å². The van der Waals surface area contributed by atoms with Crippen LogP contribution in [0.1, 0.15) is 58.8 Å². The molecule has 0 aromatic carbocycles. The summed E-state index contributed by atoms with van der Waals surface area (Å²) < 4.78 is 0. The second-order valence-corrected chi connectivity index (χ2v) is 6.96. The molecule has 112 valence electrons. The van der Waals surface area contributed by atoms with Gasteiger partial charge in [-0.25, -0.2) is 4.99 Å². The third-order valence-corrected chi connectivity index (χ3v) is 5.59. The molecular weight excluding hydrogens is 246 g/mol. The van der Waals surface area contributed by atoms with Crippen LogP contribution in [0.4, 0.5) is 0 Å². The molecule has 2 fully saturated rings. The van der Waals surface area contributed by atoms with E-state index in [0.717, 1.165) is 5.92 Å². The minimum Gasteiger partial charge on any atom is -0.370 e. The Bertz CT molecular complexity index is 412. The average molecular weight is 275 g/mol. The molecule has 0 spiro atoms. The van der Waals surface area contributed by atoms with E-state index in [1.807, 2.05) is 0 Å². The van der Waals surface area contributed by atoms with Crippen molar-refractivity contribution in [3.05, 3.63) is 11.6 Å². The molecule has 0 amide bonds. The summed E-state index contributed by atoms with van der Waals surface area (Å²) in [6.07, 6.45) is 11.7. The van der Waals surface area contributed by atoms with Crippen LogP contribution >= 0.6 is 0 Å². The van der Waals surface area contributed by atoms with Gasteiger partial charge < -0.3 is 11.1 Å². The van der Waals surface area contributed by atoms with Crippen LogP contribution in [0.2, 0.25) is 0 Å². The van der Waals surface area contributed by atoms with E-state index in [4.69, 9.17) is 10.7 Å². The molecule has 2 aliphatic carbocycles. The van der Waals surface area contributed by atoms with E-state index in [-0.39, 0.29) is 0 Å². The van der Waals surface area contributed by atoms with Crippen molar-refractivity contribution < 1.29 is 0 Å². The second kappa shape index (κ2) is 5.79. The Hall–Kier alpha value is -0.990. The number of hydrogen-bond acceptors (Lipinski definition) is 3. The molecule has 0 unspecified atom stereocenters. The zero-order valence-corrected chi connectivity index (χ0v) is 12.9. The number of allylic oxidation sites excluding steroid dienone is 1. The van der Waals surface area contributed by atoms with E-state index in [2.05, 4.69) is 25.2 Å². The minimum absolute atomic E-state index is 0.374. The summed E-state index contributed by atoms with van der Waals surface area (Å²) in [5.74, 6) is 2.93. The number of hydrogen-bond donors (Lipinski definition) is 2. The van der Waals surface area contributed by atoms with Crippen molar-refractivity contribution >= 4 is 5.96 Å². The van der Waals surface area contributed by atoms with Crippen molar-refractivity contribution in [3.63, 3.8) is 0 Å².